The summed E-state index contributed by atoms with van der Waals surface area (Å²) in [6.07, 6.45) is 1.25. The molecule has 8 rings (SSSR count). The van der Waals surface area contributed by atoms with Crippen molar-refractivity contribution in [3.8, 4) is 11.4 Å². The van der Waals surface area contributed by atoms with Crippen LogP contribution in [0.1, 0.15) is 50.4 Å². The Morgan fingerprint density at radius 2 is 0.866 bits per heavy atom. The third-order valence-corrected chi connectivity index (χ3v) is 11.6. The predicted molar refractivity (Wildman–Crippen MR) is 260 cm³/mol. The van der Waals surface area contributed by atoms with E-state index in [1.165, 1.54) is 30.6 Å². The molecule has 8 aromatic rings. The lowest BCUT2D eigenvalue weighted by Crippen LogP contribution is -2.15. The first-order chi connectivity index (χ1) is 32.8. The van der Waals surface area contributed by atoms with Gasteiger partial charge in [0.2, 0.25) is 11.8 Å². The molecule has 6 aromatic carbocycles. The molecule has 2 heterocycles. The first-order valence-corrected chi connectivity index (χ1v) is 23.1. The quantitative estimate of drug-likeness (QED) is 0.0656. The maximum atomic E-state index is 12.6. The maximum Gasteiger partial charge on any atom is 0.338 e. The molecule has 0 aliphatic rings. The van der Waals surface area contributed by atoms with Gasteiger partial charge in [0.15, 0.2) is 10.3 Å². The highest BCUT2D eigenvalue weighted by Crippen LogP contribution is 2.26. The highest BCUT2D eigenvalue weighted by Gasteiger charge is 2.19. The second-order valence-corrected chi connectivity index (χ2v) is 16.4. The number of hydrogen-bond donors (Lipinski definition) is 2. The summed E-state index contributed by atoms with van der Waals surface area (Å²) in [5.41, 5.74) is 6.21. The van der Waals surface area contributed by atoms with Gasteiger partial charge in [0.1, 0.15) is 11.6 Å². The summed E-state index contributed by atoms with van der Waals surface area (Å²) >= 11 is 2.63. The minimum absolute atomic E-state index is 0.162. The third-order valence-electron chi connectivity index (χ3n) is 9.77. The zero-order valence-electron chi connectivity index (χ0n) is 36.7. The number of carbonyl (C=O) groups is 4. The Balaban J connectivity index is 0.000000199. The van der Waals surface area contributed by atoms with Crippen LogP contribution in [-0.2, 0) is 31.9 Å². The molecule has 338 valence electrons. The number of rotatable bonds is 17. The van der Waals surface area contributed by atoms with Gasteiger partial charge in [-0.15, -0.1) is 20.4 Å². The maximum absolute atomic E-state index is 12.6. The molecule has 0 radical (unpaired) electrons. The molecule has 2 amide bonds. The Bertz CT molecular complexity index is 2860. The van der Waals surface area contributed by atoms with Crippen LogP contribution >= 0.6 is 23.5 Å². The summed E-state index contributed by atoms with van der Waals surface area (Å²) in [7, 11) is 1.33. The van der Waals surface area contributed by atoms with Crippen LogP contribution < -0.4 is 10.6 Å². The van der Waals surface area contributed by atoms with Gasteiger partial charge < -0.3 is 20.1 Å². The molecule has 0 saturated heterocycles. The van der Waals surface area contributed by atoms with E-state index in [4.69, 9.17) is 4.74 Å². The Morgan fingerprint density at radius 3 is 1.24 bits per heavy atom. The number of carbonyl (C=O) groups excluding carboxylic acids is 4. The Hall–Kier alpha value is -7.82. The second-order valence-electron chi connectivity index (χ2n) is 14.5. The van der Waals surface area contributed by atoms with Gasteiger partial charge in [-0.05, 0) is 90.8 Å². The lowest BCUT2D eigenvalue weighted by Gasteiger charge is -2.10. The summed E-state index contributed by atoms with van der Waals surface area (Å²) in [5, 5.41) is 24.5. The molecule has 0 aliphatic carbocycles. The number of anilines is 2. The molecule has 0 atom stereocenters. The zero-order valence-corrected chi connectivity index (χ0v) is 38.3. The van der Waals surface area contributed by atoms with Crippen LogP contribution in [-0.4, -0.2) is 78.5 Å². The smallest absolute Gasteiger partial charge is 0.338 e. The number of aromatic nitrogens is 6. The van der Waals surface area contributed by atoms with Crippen molar-refractivity contribution in [2.45, 2.75) is 30.1 Å². The van der Waals surface area contributed by atoms with E-state index >= 15 is 0 Å². The Morgan fingerprint density at radius 1 is 0.493 bits per heavy atom. The average Bonchev–Trinajstić information content (AvgIpc) is 3.97. The van der Waals surface area contributed by atoms with E-state index in [0.717, 1.165) is 34.2 Å². The average molecular weight is 931 g/mol. The normalized spacial score (nSPS) is 10.6. The number of esters is 2. The van der Waals surface area contributed by atoms with E-state index in [0.29, 0.717) is 52.3 Å². The largest absolute Gasteiger partial charge is 0.465 e. The number of thioether (sulfide) groups is 2. The molecule has 2 N–H and O–H groups in total. The molecular formula is C51H46N8O6S2. The number of methoxy groups -OCH3 is 1. The molecule has 0 bridgehead atoms. The first kappa shape index (κ1) is 47.2. The lowest BCUT2D eigenvalue weighted by atomic mass is 10.1. The number of ether oxygens (including phenoxy) is 2. The number of nitrogens with zero attached hydrogens (tertiary/aromatic N) is 6. The summed E-state index contributed by atoms with van der Waals surface area (Å²) in [6, 6.07) is 53.0. The highest BCUT2D eigenvalue weighted by atomic mass is 32.2. The molecule has 2 aromatic heterocycles. The molecular weight excluding hydrogens is 885 g/mol. The standard InChI is InChI=1S/C26H24N4O3S.C25H22N4O3S/c1-2-33-25(32)20-13-15-21(16-14-20)27-24(31)18-34-26-29-28-23(17-19-9-5-3-6-10-19)30(26)22-11-7-4-8-12-22;1-32-24(31)19-12-14-20(15-13-19)26-23(30)17-33-25-28-27-22(16-18-8-4-2-5-9-18)29(25)21-10-6-3-7-11-21/h3-16H,2,17-18H2,1H3,(H,27,31);2-15H,16-17H2,1H3,(H,26,30). The minimum atomic E-state index is -0.421. The van der Waals surface area contributed by atoms with E-state index in [-0.39, 0.29) is 29.3 Å². The molecule has 0 unspecified atom stereocenters. The van der Waals surface area contributed by atoms with Crippen LogP contribution in [0.5, 0.6) is 0 Å². The Kier molecular flexibility index (Phi) is 16.8. The van der Waals surface area contributed by atoms with Crippen molar-refractivity contribution in [1.29, 1.82) is 0 Å². The van der Waals surface area contributed by atoms with E-state index in [1.54, 1.807) is 55.5 Å². The van der Waals surface area contributed by atoms with E-state index < -0.39 is 5.97 Å². The summed E-state index contributed by atoms with van der Waals surface area (Å²) in [4.78, 5) is 48.4. The highest BCUT2D eigenvalue weighted by molar-refractivity contribution is 8.00. The van der Waals surface area contributed by atoms with Gasteiger partial charge in [-0.1, -0.05) is 121 Å². The number of amides is 2. The van der Waals surface area contributed by atoms with Crippen molar-refractivity contribution >= 4 is 58.7 Å². The van der Waals surface area contributed by atoms with E-state index in [2.05, 4.69) is 60.0 Å². The van der Waals surface area contributed by atoms with Crippen LogP contribution in [0, 0.1) is 0 Å². The van der Waals surface area contributed by atoms with Crippen molar-refractivity contribution in [2.24, 2.45) is 0 Å². The third kappa shape index (κ3) is 13.4. The van der Waals surface area contributed by atoms with Gasteiger partial charge in [-0.3, -0.25) is 18.7 Å². The number of para-hydroxylation sites is 2. The fourth-order valence-corrected chi connectivity index (χ4v) is 8.15. The second kappa shape index (κ2) is 23.9. The number of benzene rings is 6. The molecule has 0 spiro atoms. The van der Waals surface area contributed by atoms with Gasteiger partial charge in [-0.2, -0.15) is 0 Å². The lowest BCUT2D eigenvalue weighted by molar-refractivity contribution is -0.114. The molecule has 0 aliphatic heterocycles. The van der Waals surface area contributed by atoms with Crippen LogP contribution in [0.25, 0.3) is 11.4 Å². The predicted octanol–water partition coefficient (Wildman–Crippen LogP) is 9.14. The molecule has 0 fully saturated rings. The topological polar surface area (TPSA) is 172 Å². The van der Waals surface area contributed by atoms with Crippen LogP contribution in [0.2, 0.25) is 0 Å². The summed E-state index contributed by atoms with van der Waals surface area (Å²) in [5.74, 6) is 0.755. The Labute approximate surface area is 396 Å². The van der Waals surface area contributed by atoms with Gasteiger partial charge in [-0.25, -0.2) is 9.59 Å². The first-order valence-electron chi connectivity index (χ1n) is 21.2. The zero-order chi connectivity index (χ0) is 46.8. The monoisotopic (exact) mass is 930 g/mol. The van der Waals surface area contributed by atoms with Crippen LogP contribution in [0.4, 0.5) is 11.4 Å². The van der Waals surface area contributed by atoms with Crippen LogP contribution in [0.3, 0.4) is 0 Å². The van der Waals surface area contributed by atoms with Gasteiger partial charge in [0.05, 0.1) is 36.3 Å². The van der Waals surface area contributed by atoms with Crippen molar-refractivity contribution in [3.05, 3.63) is 204 Å². The van der Waals surface area contributed by atoms with Crippen LogP contribution in [0.15, 0.2) is 180 Å². The SMILES string of the molecule is CCOC(=O)c1ccc(NC(=O)CSc2nnc(Cc3ccccc3)n2-c2ccccc2)cc1.COC(=O)c1ccc(NC(=O)CSc2nnc(Cc3ccccc3)n2-c2ccccc2)cc1. The van der Waals surface area contributed by atoms with Crippen molar-refractivity contribution < 1.29 is 28.7 Å². The van der Waals surface area contributed by atoms with Crippen molar-refractivity contribution in [3.63, 3.8) is 0 Å². The number of hydrogen-bond acceptors (Lipinski definition) is 12. The van der Waals surface area contributed by atoms with E-state index in [1.807, 2.05) is 106 Å². The van der Waals surface area contributed by atoms with Gasteiger partial charge in [0, 0.05) is 35.6 Å². The van der Waals surface area contributed by atoms with Gasteiger partial charge >= 0.3 is 11.9 Å². The molecule has 16 heteroatoms. The summed E-state index contributed by atoms with van der Waals surface area (Å²) in [6.45, 7) is 2.07. The van der Waals surface area contributed by atoms with Crippen molar-refractivity contribution in [2.75, 3.05) is 35.9 Å². The van der Waals surface area contributed by atoms with Crippen molar-refractivity contribution in [1.82, 2.24) is 29.5 Å². The fourth-order valence-electron chi connectivity index (χ4n) is 6.61. The minimum Gasteiger partial charge on any atom is -0.465 e. The fraction of sp³-hybridized carbons (Fsp3) is 0.137. The van der Waals surface area contributed by atoms with E-state index in [9.17, 15) is 19.2 Å². The molecule has 14 nitrogen and oxygen atoms in total. The molecule has 0 saturated carbocycles. The van der Waals surface area contributed by atoms with Gasteiger partial charge in [0.25, 0.3) is 0 Å². The summed E-state index contributed by atoms with van der Waals surface area (Å²) < 4.78 is 13.6. The number of nitrogens with one attached hydrogen (secondary N) is 2. The molecule has 67 heavy (non-hydrogen) atoms.